The molecule has 4 saturated carbocycles. The zero-order valence-electron chi connectivity index (χ0n) is 33.4. The van der Waals surface area contributed by atoms with Crippen molar-refractivity contribution in [2.75, 3.05) is 27.4 Å². The number of hydrogen-bond acceptors (Lipinski definition) is 6. The summed E-state index contributed by atoms with van der Waals surface area (Å²) in [6.07, 6.45) is 4.38. The van der Waals surface area contributed by atoms with Crippen molar-refractivity contribution in [3.63, 3.8) is 0 Å². The quantitative estimate of drug-likeness (QED) is 0.0965. The third-order valence-electron chi connectivity index (χ3n) is 13.3. The lowest BCUT2D eigenvalue weighted by molar-refractivity contribution is -0.143. The highest BCUT2D eigenvalue weighted by atomic mass is 19.1. The number of hydrogen-bond donors (Lipinski definition) is 2. The first-order valence-electron chi connectivity index (χ1n) is 20.6. The van der Waals surface area contributed by atoms with E-state index >= 15 is 0 Å². The van der Waals surface area contributed by atoms with Gasteiger partial charge >= 0.3 is 11.9 Å². The molecule has 4 aromatic rings. The number of carboxylic acid groups (broad SMARTS) is 2. The zero-order chi connectivity index (χ0) is 40.8. The fraction of sp³-hybridized carbons (Fsp3) is 0.458. The van der Waals surface area contributed by atoms with Gasteiger partial charge in [-0.25, -0.2) is 8.78 Å². The molecule has 10 unspecified atom stereocenters. The molecule has 4 aliphatic carbocycles. The molecule has 0 aliphatic heterocycles. The van der Waals surface area contributed by atoms with E-state index in [2.05, 4.69) is 6.07 Å². The molecule has 4 aromatic carbocycles. The number of ether oxygens (including phenoxy) is 4. The van der Waals surface area contributed by atoms with Gasteiger partial charge in [-0.1, -0.05) is 44.2 Å². The summed E-state index contributed by atoms with van der Waals surface area (Å²) in [6.45, 7) is 4.41. The number of carboxylic acids is 2. The molecular formula is C48H52F2O8. The number of halogens is 2. The Labute approximate surface area is 338 Å². The summed E-state index contributed by atoms with van der Waals surface area (Å²) in [5.74, 6) is -1.20. The van der Waals surface area contributed by atoms with Crippen molar-refractivity contribution >= 4 is 11.9 Å². The SMILES string of the molecule is COc1cc(F)cc(C2CC2COc2cccc(C(C(C)C(=O)O)C3CC3c3ccc(OCC4CC4c4cccc(OC)c4F)cc3C(C3CC3)C(C)C(=O)O)c2)c1. The Morgan fingerprint density at radius 1 is 0.690 bits per heavy atom. The van der Waals surface area contributed by atoms with Crippen LogP contribution in [0.3, 0.4) is 0 Å². The minimum absolute atomic E-state index is 0.0209. The highest BCUT2D eigenvalue weighted by Crippen LogP contribution is 2.61. The number of aliphatic carboxylic acids is 2. The molecule has 0 radical (unpaired) electrons. The van der Waals surface area contributed by atoms with Gasteiger partial charge in [0, 0.05) is 29.7 Å². The molecule has 0 spiro atoms. The van der Waals surface area contributed by atoms with Crippen molar-refractivity contribution in [3.05, 3.63) is 118 Å². The van der Waals surface area contributed by atoms with E-state index in [-0.39, 0.29) is 70.6 Å². The molecular weight excluding hydrogens is 743 g/mol. The van der Waals surface area contributed by atoms with Gasteiger partial charge in [0.25, 0.3) is 0 Å². The molecule has 0 bridgehead atoms. The normalized spacial score (nSPS) is 25.1. The number of rotatable bonds is 19. The molecule has 8 nitrogen and oxygen atoms in total. The monoisotopic (exact) mass is 794 g/mol. The maximum Gasteiger partial charge on any atom is 0.306 e. The van der Waals surface area contributed by atoms with Crippen LogP contribution >= 0.6 is 0 Å². The third-order valence-corrected chi connectivity index (χ3v) is 13.3. The van der Waals surface area contributed by atoms with Crippen molar-refractivity contribution in [1.29, 1.82) is 0 Å². The van der Waals surface area contributed by atoms with E-state index in [1.807, 2.05) is 42.5 Å². The molecule has 4 fully saturated rings. The largest absolute Gasteiger partial charge is 0.497 e. The van der Waals surface area contributed by atoms with Crippen molar-refractivity contribution in [2.45, 2.75) is 75.5 Å². The lowest BCUT2D eigenvalue weighted by atomic mass is 9.78. The minimum Gasteiger partial charge on any atom is -0.497 e. The van der Waals surface area contributed by atoms with Gasteiger partial charge in [-0.3, -0.25) is 9.59 Å². The van der Waals surface area contributed by atoms with Crippen molar-refractivity contribution in [2.24, 2.45) is 35.5 Å². The molecule has 10 atom stereocenters. The van der Waals surface area contributed by atoms with Crippen LogP contribution < -0.4 is 18.9 Å². The fourth-order valence-electron chi connectivity index (χ4n) is 9.60. The molecule has 4 aliphatic rings. The van der Waals surface area contributed by atoms with Gasteiger partial charge in [0.1, 0.15) is 23.1 Å². The van der Waals surface area contributed by atoms with Gasteiger partial charge < -0.3 is 29.2 Å². The third kappa shape index (κ3) is 8.38. The summed E-state index contributed by atoms with van der Waals surface area (Å²) in [6, 6.07) is 23.8. The van der Waals surface area contributed by atoms with Gasteiger partial charge in [0.05, 0.1) is 39.3 Å². The first-order chi connectivity index (χ1) is 27.9. The molecule has 0 saturated heterocycles. The Kier molecular flexibility index (Phi) is 11.1. The van der Waals surface area contributed by atoms with E-state index in [1.54, 1.807) is 38.1 Å². The van der Waals surface area contributed by atoms with Crippen LogP contribution in [0.5, 0.6) is 23.0 Å². The van der Waals surface area contributed by atoms with E-state index in [0.717, 1.165) is 54.4 Å². The predicted octanol–water partition coefficient (Wildman–Crippen LogP) is 10.2. The van der Waals surface area contributed by atoms with Crippen LogP contribution in [0.2, 0.25) is 0 Å². The molecule has 0 amide bonds. The van der Waals surface area contributed by atoms with Crippen LogP contribution in [0, 0.1) is 47.1 Å². The Hall–Kier alpha value is -5.12. The van der Waals surface area contributed by atoms with Gasteiger partial charge in [-0.15, -0.1) is 0 Å². The summed E-state index contributed by atoms with van der Waals surface area (Å²) < 4.78 is 52.3. The maximum absolute atomic E-state index is 15.0. The zero-order valence-corrected chi connectivity index (χ0v) is 33.4. The molecule has 8 rings (SSSR count). The summed E-state index contributed by atoms with van der Waals surface area (Å²) in [5.41, 5.74) is 4.46. The van der Waals surface area contributed by atoms with E-state index in [4.69, 9.17) is 18.9 Å². The van der Waals surface area contributed by atoms with Crippen LogP contribution in [-0.2, 0) is 9.59 Å². The van der Waals surface area contributed by atoms with Gasteiger partial charge in [-0.2, -0.15) is 0 Å². The fourth-order valence-corrected chi connectivity index (χ4v) is 9.60. The summed E-state index contributed by atoms with van der Waals surface area (Å²) in [7, 11) is 2.99. The smallest absolute Gasteiger partial charge is 0.306 e. The van der Waals surface area contributed by atoms with E-state index in [0.29, 0.717) is 36.0 Å². The maximum atomic E-state index is 15.0. The van der Waals surface area contributed by atoms with Crippen LogP contribution in [0.25, 0.3) is 0 Å². The number of methoxy groups -OCH3 is 2. The lowest BCUT2D eigenvalue weighted by Gasteiger charge is -2.26. The Bertz CT molecular complexity index is 2170. The van der Waals surface area contributed by atoms with Crippen LogP contribution in [0.15, 0.2) is 78.9 Å². The summed E-state index contributed by atoms with van der Waals surface area (Å²) in [4.78, 5) is 25.2. The second-order valence-electron chi connectivity index (χ2n) is 17.1. The second kappa shape index (κ2) is 16.3. The molecule has 0 heterocycles. The molecule has 0 aromatic heterocycles. The van der Waals surface area contributed by atoms with Gasteiger partial charge in [0.2, 0.25) is 0 Å². The van der Waals surface area contributed by atoms with E-state index in [9.17, 15) is 28.6 Å². The van der Waals surface area contributed by atoms with Crippen molar-refractivity contribution < 1.29 is 47.5 Å². The second-order valence-corrected chi connectivity index (χ2v) is 17.1. The summed E-state index contributed by atoms with van der Waals surface area (Å²) in [5, 5.41) is 20.6. The number of benzene rings is 4. The highest BCUT2D eigenvalue weighted by molar-refractivity contribution is 5.72. The Morgan fingerprint density at radius 2 is 1.36 bits per heavy atom. The topological polar surface area (TPSA) is 112 Å². The first kappa shape index (κ1) is 39.7. The molecule has 2 N–H and O–H groups in total. The Balaban J connectivity index is 1.00. The van der Waals surface area contributed by atoms with E-state index < -0.39 is 23.8 Å². The van der Waals surface area contributed by atoms with Gasteiger partial charge in [-0.05, 0) is 132 Å². The van der Waals surface area contributed by atoms with E-state index in [1.165, 1.54) is 20.3 Å². The predicted molar refractivity (Wildman–Crippen MR) is 214 cm³/mol. The van der Waals surface area contributed by atoms with Crippen LogP contribution in [0.1, 0.15) is 103 Å². The standard InChI is InChI=1S/C48H52F2O8/c1-25(47(51)52)44(27-11-12-27)41-21-34(58-24-31-19-39(31)37-9-6-10-43(56-4)46(37)50)13-14-36(41)40-22-42(40)45(26(2)48(53)54)28-7-5-8-33(16-28)57-23-30-18-38(30)29-15-32(49)20-35(17-29)55-3/h5-10,13-17,20-21,25-27,30-31,38-40,42,44-45H,11-12,18-19,22-24H2,1-4H3,(H,51,52)(H,53,54). The lowest BCUT2D eigenvalue weighted by Crippen LogP contribution is -2.23. The van der Waals surface area contributed by atoms with Crippen LogP contribution in [-0.4, -0.2) is 49.6 Å². The van der Waals surface area contributed by atoms with Crippen molar-refractivity contribution in [3.8, 4) is 23.0 Å². The average Bonchev–Trinajstić information content (AvgIpc) is 4.00. The van der Waals surface area contributed by atoms with Crippen LogP contribution in [0.4, 0.5) is 8.78 Å². The molecule has 306 valence electrons. The van der Waals surface area contributed by atoms with Crippen molar-refractivity contribution in [1.82, 2.24) is 0 Å². The number of carbonyl (C=O) groups is 2. The molecule has 58 heavy (non-hydrogen) atoms. The minimum atomic E-state index is -0.875. The first-order valence-corrected chi connectivity index (χ1v) is 20.6. The van der Waals surface area contributed by atoms with Gasteiger partial charge in [0.15, 0.2) is 11.6 Å². The average molecular weight is 795 g/mol. The summed E-state index contributed by atoms with van der Waals surface area (Å²) >= 11 is 0. The molecule has 10 heteroatoms. The highest BCUT2D eigenvalue weighted by Gasteiger charge is 2.50. The Morgan fingerprint density at radius 3 is 2.05 bits per heavy atom.